The molecule has 1 unspecified atom stereocenters. The first kappa shape index (κ1) is 17.1. The topological polar surface area (TPSA) is 98.3 Å². The second kappa shape index (κ2) is 7.04. The van der Waals surface area contributed by atoms with E-state index in [2.05, 4.69) is 9.55 Å². The van der Waals surface area contributed by atoms with Crippen molar-refractivity contribution < 1.29 is 14.8 Å². The van der Waals surface area contributed by atoms with Crippen molar-refractivity contribution in [1.82, 2.24) is 9.55 Å². The zero-order valence-electron chi connectivity index (χ0n) is 14.1. The highest BCUT2D eigenvalue weighted by Gasteiger charge is 2.25. The Bertz CT molecular complexity index is 793. The summed E-state index contributed by atoms with van der Waals surface area (Å²) in [6.07, 6.45) is 9.54. The summed E-state index contributed by atoms with van der Waals surface area (Å²) in [7, 11) is 0. The van der Waals surface area contributed by atoms with Gasteiger partial charge in [-0.25, -0.2) is 9.78 Å². The molecule has 0 radical (unpaired) electrons. The van der Waals surface area contributed by atoms with Crippen molar-refractivity contribution in [2.45, 2.75) is 51.0 Å². The van der Waals surface area contributed by atoms with E-state index in [1.54, 1.807) is 12.3 Å². The summed E-state index contributed by atoms with van der Waals surface area (Å²) < 4.78 is 2.05. The van der Waals surface area contributed by atoms with Crippen molar-refractivity contribution in [2.75, 3.05) is 0 Å². The van der Waals surface area contributed by atoms with E-state index in [9.17, 15) is 14.9 Å². The highest BCUT2D eigenvalue weighted by atomic mass is 16.6. The molecule has 7 nitrogen and oxygen atoms in total. The minimum Gasteiger partial charge on any atom is -0.477 e. The molecule has 0 bridgehead atoms. The molecule has 0 saturated heterocycles. The van der Waals surface area contributed by atoms with Gasteiger partial charge in [-0.05, 0) is 31.4 Å². The number of carboxylic acids is 1. The third-order valence-electron chi connectivity index (χ3n) is 5.02. The Morgan fingerprint density at radius 3 is 2.72 bits per heavy atom. The highest BCUT2D eigenvalue weighted by molar-refractivity contribution is 5.92. The van der Waals surface area contributed by atoms with E-state index in [0.717, 1.165) is 18.7 Å². The Morgan fingerprint density at radius 2 is 2.08 bits per heavy atom. The largest absolute Gasteiger partial charge is 0.477 e. The number of nitro benzene ring substituents is 1. The van der Waals surface area contributed by atoms with E-state index < -0.39 is 10.9 Å². The quantitative estimate of drug-likeness (QED) is 0.649. The first-order valence-corrected chi connectivity index (χ1v) is 8.53. The lowest BCUT2D eigenvalue weighted by Crippen LogP contribution is -2.16. The van der Waals surface area contributed by atoms with Crippen LogP contribution in [-0.2, 0) is 0 Å². The van der Waals surface area contributed by atoms with Crippen LogP contribution in [0.25, 0.3) is 0 Å². The SMILES string of the molecule is CC(c1ccc(C(=O)O)c([N+](=O)[O-])c1)n1ccnc1C1CCCCC1. The van der Waals surface area contributed by atoms with Crippen LogP contribution in [0, 0.1) is 10.1 Å². The summed E-state index contributed by atoms with van der Waals surface area (Å²) in [6, 6.07) is 4.16. The van der Waals surface area contributed by atoms with E-state index in [4.69, 9.17) is 5.11 Å². The van der Waals surface area contributed by atoms with Gasteiger partial charge < -0.3 is 9.67 Å². The zero-order valence-corrected chi connectivity index (χ0v) is 14.1. The summed E-state index contributed by atoms with van der Waals surface area (Å²) in [5.41, 5.74) is 0.0297. The second-order valence-corrected chi connectivity index (χ2v) is 6.54. The van der Waals surface area contributed by atoms with Crippen LogP contribution in [0.5, 0.6) is 0 Å². The van der Waals surface area contributed by atoms with Crippen LogP contribution in [0.1, 0.15) is 72.7 Å². The molecule has 1 aromatic carbocycles. The summed E-state index contributed by atoms with van der Waals surface area (Å²) in [6.45, 7) is 1.95. The van der Waals surface area contributed by atoms with Gasteiger partial charge in [-0.1, -0.05) is 25.3 Å². The predicted octanol–water partition coefficient (Wildman–Crippen LogP) is 4.15. The predicted molar refractivity (Wildman–Crippen MR) is 91.9 cm³/mol. The molecule has 0 amide bonds. The number of rotatable bonds is 5. The van der Waals surface area contributed by atoms with Crippen LogP contribution < -0.4 is 0 Å². The molecule has 1 fully saturated rings. The van der Waals surface area contributed by atoms with Crippen LogP contribution in [0.15, 0.2) is 30.6 Å². The van der Waals surface area contributed by atoms with Crippen molar-refractivity contribution in [2.24, 2.45) is 0 Å². The van der Waals surface area contributed by atoms with Gasteiger partial charge in [0.05, 0.1) is 11.0 Å². The Balaban J connectivity index is 1.95. The average molecular weight is 343 g/mol. The molecule has 1 heterocycles. The van der Waals surface area contributed by atoms with E-state index in [0.29, 0.717) is 11.5 Å². The fourth-order valence-corrected chi connectivity index (χ4v) is 3.63. The number of aromatic nitrogens is 2. The van der Waals surface area contributed by atoms with E-state index >= 15 is 0 Å². The molecule has 0 spiro atoms. The third-order valence-corrected chi connectivity index (χ3v) is 5.02. The minimum absolute atomic E-state index is 0.152. The molecule has 1 aliphatic carbocycles. The van der Waals surface area contributed by atoms with Crippen LogP contribution in [0.2, 0.25) is 0 Å². The van der Waals surface area contributed by atoms with Crippen molar-refractivity contribution >= 4 is 11.7 Å². The Morgan fingerprint density at radius 1 is 1.36 bits per heavy atom. The smallest absolute Gasteiger partial charge is 0.342 e. The van der Waals surface area contributed by atoms with E-state index in [1.807, 2.05) is 13.1 Å². The number of aromatic carboxylic acids is 1. The Kier molecular flexibility index (Phi) is 4.83. The minimum atomic E-state index is -1.29. The maximum absolute atomic E-state index is 11.2. The molecule has 1 N–H and O–H groups in total. The van der Waals surface area contributed by atoms with Crippen LogP contribution in [0.3, 0.4) is 0 Å². The number of carboxylic acid groups (broad SMARTS) is 1. The molecule has 0 aliphatic heterocycles. The van der Waals surface area contributed by atoms with Gasteiger partial charge in [0.1, 0.15) is 11.4 Å². The standard InChI is InChI=1S/C18H21N3O4/c1-12(14-7-8-15(18(22)23)16(11-14)21(24)25)20-10-9-19-17(20)13-5-3-2-4-6-13/h7-13H,2-6H2,1H3,(H,22,23). The monoisotopic (exact) mass is 343 g/mol. The lowest BCUT2D eigenvalue weighted by Gasteiger charge is -2.25. The van der Waals surface area contributed by atoms with Gasteiger partial charge in [0, 0.05) is 24.4 Å². The molecule has 25 heavy (non-hydrogen) atoms. The normalized spacial score (nSPS) is 16.5. The molecule has 132 valence electrons. The molecule has 1 atom stereocenters. The number of benzene rings is 1. The third kappa shape index (κ3) is 3.40. The molecular formula is C18H21N3O4. The van der Waals surface area contributed by atoms with Crippen molar-refractivity contribution in [3.05, 3.63) is 57.7 Å². The van der Waals surface area contributed by atoms with Crippen molar-refractivity contribution in [1.29, 1.82) is 0 Å². The van der Waals surface area contributed by atoms with Gasteiger partial charge >= 0.3 is 5.97 Å². The summed E-state index contributed by atoms with van der Waals surface area (Å²) in [5, 5.41) is 20.3. The second-order valence-electron chi connectivity index (χ2n) is 6.54. The molecule has 1 saturated carbocycles. The van der Waals surface area contributed by atoms with Crippen LogP contribution >= 0.6 is 0 Å². The van der Waals surface area contributed by atoms with Gasteiger partial charge in [0.2, 0.25) is 0 Å². The Labute approximate surface area is 145 Å². The van der Waals surface area contributed by atoms with Crippen molar-refractivity contribution in [3.8, 4) is 0 Å². The van der Waals surface area contributed by atoms with Gasteiger partial charge in [0.15, 0.2) is 0 Å². The van der Waals surface area contributed by atoms with E-state index in [-0.39, 0.29) is 17.3 Å². The fraction of sp³-hybridized carbons (Fsp3) is 0.444. The average Bonchev–Trinajstić information content (AvgIpc) is 3.11. The van der Waals surface area contributed by atoms with Gasteiger partial charge in [0.25, 0.3) is 5.69 Å². The zero-order chi connectivity index (χ0) is 18.0. The summed E-state index contributed by atoms with van der Waals surface area (Å²) in [5.74, 6) is 0.132. The maximum atomic E-state index is 11.2. The molecule has 3 rings (SSSR count). The lowest BCUT2D eigenvalue weighted by molar-refractivity contribution is -0.385. The van der Waals surface area contributed by atoms with Gasteiger partial charge in [-0.2, -0.15) is 0 Å². The first-order chi connectivity index (χ1) is 12.0. The number of carbonyl (C=O) groups is 1. The molecular weight excluding hydrogens is 322 g/mol. The van der Waals surface area contributed by atoms with Gasteiger partial charge in [-0.15, -0.1) is 0 Å². The number of hydrogen-bond donors (Lipinski definition) is 1. The van der Waals surface area contributed by atoms with E-state index in [1.165, 1.54) is 31.4 Å². The lowest BCUT2D eigenvalue weighted by atomic mass is 9.88. The number of imidazole rings is 1. The molecule has 7 heteroatoms. The summed E-state index contributed by atoms with van der Waals surface area (Å²) >= 11 is 0. The Hall–Kier alpha value is -2.70. The van der Waals surface area contributed by atoms with Crippen LogP contribution in [-0.4, -0.2) is 25.6 Å². The van der Waals surface area contributed by atoms with Crippen molar-refractivity contribution in [3.63, 3.8) is 0 Å². The number of nitro groups is 1. The maximum Gasteiger partial charge on any atom is 0.342 e. The van der Waals surface area contributed by atoms with Crippen LogP contribution in [0.4, 0.5) is 5.69 Å². The highest BCUT2D eigenvalue weighted by Crippen LogP contribution is 2.34. The first-order valence-electron chi connectivity index (χ1n) is 8.53. The molecule has 1 aliphatic rings. The fourth-order valence-electron chi connectivity index (χ4n) is 3.63. The van der Waals surface area contributed by atoms with Gasteiger partial charge in [-0.3, -0.25) is 10.1 Å². The molecule has 1 aromatic heterocycles. The number of hydrogen-bond acceptors (Lipinski definition) is 4. The number of nitrogens with zero attached hydrogens (tertiary/aromatic N) is 3. The summed E-state index contributed by atoms with van der Waals surface area (Å²) in [4.78, 5) is 26.3. The molecule has 2 aromatic rings.